The van der Waals surface area contributed by atoms with Crippen LogP contribution >= 0.6 is 35.0 Å². The first-order valence-electron chi connectivity index (χ1n) is 7.47. The van der Waals surface area contributed by atoms with Gasteiger partial charge in [0.25, 0.3) is 5.91 Å². The molecule has 0 atom stereocenters. The Morgan fingerprint density at radius 1 is 1.23 bits per heavy atom. The molecule has 2 aromatic carbocycles. The summed E-state index contributed by atoms with van der Waals surface area (Å²) in [6, 6.07) is 11.3. The molecule has 0 unspecified atom stereocenters. The van der Waals surface area contributed by atoms with E-state index in [4.69, 9.17) is 23.2 Å². The second-order valence-corrected chi connectivity index (χ2v) is 6.81. The quantitative estimate of drug-likeness (QED) is 0.634. The monoisotopic (exact) mass is 410 g/mol. The van der Waals surface area contributed by atoms with Crippen molar-refractivity contribution in [3.8, 4) is 5.69 Å². The van der Waals surface area contributed by atoms with Gasteiger partial charge in [0.15, 0.2) is 11.0 Å². The van der Waals surface area contributed by atoms with Crippen molar-refractivity contribution in [2.75, 3.05) is 6.26 Å². The smallest absolute Gasteiger partial charge is 0.256 e. The van der Waals surface area contributed by atoms with Crippen molar-refractivity contribution in [1.29, 1.82) is 0 Å². The molecule has 3 rings (SSSR count). The molecule has 0 aliphatic rings. The van der Waals surface area contributed by atoms with Crippen LogP contribution in [0.3, 0.4) is 0 Å². The van der Waals surface area contributed by atoms with E-state index in [0.717, 1.165) is 5.69 Å². The number of amides is 1. The number of nitrogens with one attached hydrogen (secondary N) is 1. The van der Waals surface area contributed by atoms with Crippen molar-refractivity contribution in [3.63, 3.8) is 0 Å². The number of hydrogen-bond donors (Lipinski definition) is 1. The molecule has 0 bridgehead atoms. The van der Waals surface area contributed by atoms with Crippen LogP contribution in [0.4, 0.5) is 4.39 Å². The molecule has 0 saturated carbocycles. The minimum Gasteiger partial charge on any atom is -0.345 e. The van der Waals surface area contributed by atoms with E-state index in [1.165, 1.54) is 30.0 Å². The first-order valence-corrected chi connectivity index (χ1v) is 9.45. The zero-order valence-electron chi connectivity index (χ0n) is 13.5. The molecular formula is C17H13Cl2FN4OS. The number of aromatic nitrogens is 3. The van der Waals surface area contributed by atoms with Gasteiger partial charge in [-0.15, -0.1) is 10.2 Å². The van der Waals surface area contributed by atoms with E-state index in [0.29, 0.717) is 16.0 Å². The van der Waals surface area contributed by atoms with Gasteiger partial charge in [0.1, 0.15) is 5.82 Å². The van der Waals surface area contributed by atoms with E-state index in [2.05, 4.69) is 15.5 Å². The van der Waals surface area contributed by atoms with Crippen LogP contribution < -0.4 is 5.32 Å². The number of carbonyl (C=O) groups is 1. The lowest BCUT2D eigenvalue weighted by atomic mass is 10.2. The van der Waals surface area contributed by atoms with Crippen LogP contribution in [0.1, 0.15) is 16.2 Å². The van der Waals surface area contributed by atoms with Crippen molar-refractivity contribution in [1.82, 2.24) is 20.1 Å². The Balaban J connectivity index is 1.87. The molecule has 1 N–H and O–H groups in total. The fourth-order valence-electron chi connectivity index (χ4n) is 2.38. The van der Waals surface area contributed by atoms with Crippen LogP contribution in [-0.2, 0) is 6.54 Å². The third-order valence-electron chi connectivity index (χ3n) is 3.55. The van der Waals surface area contributed by atoms with Crippen molar-refractivity contribution >= 4 is 40.9 Å². The Kier molecular flexibility index (Phi) is 5.80. The van der Waals surface area contributed by atoms with Crippen LogP contribution in [0.2, 0.25) is 10.0 Å². The standard InChI is InChI=1S/C17H13Cl2FN4OS/c1-26-17-23-22-14(24(17)11-5-2-4-10(18)8-11)9-21-16(25)15-12(19)6-3-7-13(15)20/h2-8H,9H2,1H3,(H,21,25). The van der Waals surface area contributed by atoms with Crippen LogP contribution in [0, 0.1) is 5.82 Å². The molecule has 134 valence electrons. The lowest BCUT2D eigenvalue weighted by Crippen LogP contribution is -2.26. The average molecular weight is 411 g/mol. The summed E-state index contributed by atoms with van der Waals surface area (Å²) in [6.45, 7) is 0.0452. The highest BCUT2D eigenvalue weighted by Crippen LogP contribution is 2.23. The number of thioether (sulfide) groups is 1. The third kappa shape index (κ3) is 3.85. The molecule has 0 saturated heterocycles. The summed E-state index contributed by atoms with van der Waals surface area (Å²) in [5.74, 6) is -0.826. The molecule has 1 aromatic heterocycles. The first kappa shape index (κ1) is 18.7. The second kappa shape index (κ2) is 8.07. The molecule has 1 amide bonds. The Labute approximate surface area is 163 Å². The molecule has 0 spiro atoms. The molecule has 3 aromatic rings. The Morgan fingerprint density at radius 2 is 2.00 bits per heavy atom. The van der Waals surface area contributed by atoms with Crippen molar-refractivity contribution in [2.45, 2.75) is 11.7 Å². The van der Waals surface area contributed by atoms with Gasteiger partial charge in [0, 0.05) is 5.02 Å². The Hall–Kier alpha value is -2.09. The van der Waals surface area contributed by atoms with Crippen LogP contribution in [0.15, 0.2) is 47.6 Å². The molecule has 1 heterocycles. The molecule has 0 radical (unpaired) electrons. The van der Waals surface area contributed by atoms with E-state index in [-0.39, 0.29) is 17.1 Å². The van der Waals surface area contributed by atoms with E-state index in [1.54, 1.807) is 16.7 Å². The maximum atomic E-state index is 13.9. The predicted octanol–water partition coefficient (Wildman–Crippen LogP) is 4.37. The summed E-state index contributed by atoms with van der Waals surface area (Å²) >= 11 is 13.4. The number of benzene rings is 2. The number of rotatable bonds is 5. The van der Waals surface area contributed by atoms with Gasteiger partial charge in [0.05, 0.1) is 22.8 Å². The third-order valence-corrected chi connectivity index (χ3v) is 4.73. The fourth-order valence-corrected chi connectivity index (χ4v) is 3.33. The summed E-state index contributed by atoms with van der Waals surface area (Å²) in [7, 11) is 0. The topological polar surface area (TPSA) is 59.8 Å². The van der Waals surface area contributed by atoms with Crippen LogP contribution in [0.5, 0.6) is 0 Å². The van der Waals surface area contributed by atoms with Crippen LogP contribution in [0.25, 0.3) is 5.69 Å². The number of nitrogens with zero attached hydrogens (tertiary/aromatic N) is 3. The molecule has 9 heteroatoms. The van der Waals surface area contributed by atoms with Gasteiger partial charge in [-0.2, -0.15) is 0 Å². The number of carbonyl (C=O) groups excluding carboxylic acids is 1. The fraction of sp³-hybridized carbons (Fsp3) is 0.118. The van der Waals surface area contributed by atoms with Gasteiger partial charge in [-0.3, -0.25) is 9.36 Å². The highest BCUT2D eigenvalue weighted by Gasteiger charge is 2.18. The lowest BCUT2D eigenvalue weighted by molar-refractivity contribution is 0.0946. The van der Waals surface area contributed by atoms with E-state index >= 15 is 0 Å². The van der Waals surface area contributed by atoms with Gasteiger partial charge in [-0.1, -0.05) is 47.1 Å². The molecule has 26 heavy (non-hydrogen) atoms. The summed E-state index contributed by atoms with van der Waals surface area (Å²) in [5.41, 5.74) is 0.563. The first-order chi connectivity index (χ1) is 12.5. The largest absolute Gasteiger partial charge is 0.345 e. The highest BCUT2D eigenvalue weighted by atomic mass is 35.5. The van der Waals surface area contributed by atoms with Gasteiger partial charge in [-0.25, -0.2) is 4.39 Å². The highest BCUT2D eigenvalue weighted by molar-refractivity contribution is 7.98. The van der Waals surface area contributed by atoms with Gasteiger partial charge < -0.3 is 5.32 Å². The summed E-state index contributed by atoms with van der Waals surface area (Å²) in [5, 5.41) is 12.1. The minimum absolute atomic E-state index is 0.0450. The maximum Gasteiger partial charge on any atom is 0.256 e. The SMILES string of the molecule is CSc1nnc(CNC(=O)c2c(F)cccc2Cl)n1-c1cccc(Cl)c1. The molecule has 5 nitrogen and oxygen atoms in total. The van der Waals surface area contributed by atoms with Crippen molar-refractivity contribution < 1.29 is 9.18 Å². The molecule has 0 fully saturated rings. The molecular weight excluding hydrogens is 398 g/mol. The van der Waals surface area contributed by atoms with E-state index in [9.17, 15) is 9.18 Å². The number of halogens is 3. The van der Waals surface area contributed by atoms with Gasteiger partial charge in [0.2, 0.25) is 0 Å². The molecule has 0 aliphatic heterocycles. The van der Waals surface area contributed by atoms with Crippen molar-refractivity contribution in [3.05, 3.63) is 69.7 Å². The average Bonchev–Trinajstić information content (AvgIpc) is 3.03. The zero-order chi connectivity index (χ0) is 18.7. The summed E-state index contributed by atoms with van der Waals surface area (Å²) in [6.07, 6.45) is 1.87. The van der Waals surface area contributed by atoms with E-state index in [1.807, 2.05) is 18.4 Å². The summed E-state index contributed by atoms with van der Waals surface area (Å²) < 4.78 is 15.7. The predicted molar refractivity (Wildman–Crippen MR) is 101 cm³/mol. The molecule has 0 aliphatic carbocycles. The Bertz CT molecular complexity index is 943. The van der Waals surface area contributed by atoms with Crippen molar-refractivity contribution in [2.24, 2.45) is 0 Å². The summed E-state index contributed by atoms with van der Waals surface area (Å²) in [4.78, 5) is 12.3. The maximum absolute atomic E-state index is 13.9. The van der Waals surface area contributed by atoms with Crippen LogP contribution in [-0.4, -0.2) is 26.9 Å². The number of hydrogen-bond acceptors (Lipinski definition) is 4. The lowest BCUT2D eigenvalue weighted by Gasteiger charge is -2.11. The van der Waals surface area contributed by atoms with Gasteiger partial charge >= 0.3 is 0 Å². The second-order valence-electron chi connectivity index (χ2n) is 5.20. The zero-order valence-corrected chi connectivity index (χ0v) is 15.9. The van der Waals surface area contributed by atoms with Gasteiger partial charge in [-0.05, 0) is 36.6 Å². The Morgan fingerprint density at radius 3 is 2.69 bits per heavy atom. The normalized spacial score (nSPS) is 10.8. The van der Waals surface area contributed by atoms with E-state index < -0.39 is 11.7 Å². The minimum atomic E-state index is -0.684.